The predicted molar refractivity (Wildman–Crippen MR) is 91.1 cm³/mol. The predicted octanol–water partition coefficient (Wildman–Crippen LogP) is 2.73. The zero-order chi connectivity index (χ0) is 19.9. The van der Waals surface area contributed by atoms with E-state index in [1.807, 2.05) is 12.3 Å². The number of likely N-dealkylation sites (tertiary alicyclic amines) is 1. The highest BCUT2D eigenvalue weighted by Crippen LogP contribution is 2.42. The fourth-order valence-corrected chi connectivity index (χ4v) is 3.44. The normalized spacial score (nSPS) is 22.3. The molecular weight excluding hydrogens is 365 g/mol. The van der Waals surface area contributed by atoms with Gasteiger partial charge in [-0.05, 0) is 49.9 Å². The number of hydrogen-bond acceptors (Lipinski definition) is 5. The minimum atomic E-state index is -5.08. The standard InChI is InChI=1S/C16H24N2O2.C2HF3O2/c1-19-12-15-10-16(13-20-15)5-8-18(9-6-16)11-14-4-2-3-7-17-14;3-2(4,5)1(6)7/h2-4,7,15H,5-6,8-13H2,1H3;(H,6,7). The monoisotopic (exact) mass is 390 g/mol. The van der Waals surface area contributed by atoms with Crippen LogP contribution in [-0.4, -0.2) is 66.7 Å². The van der Waals surface area contributed by atoms with Gasteiger partial charge in [0, 0.05) is 19.9 Å². The molecule has 0 bridgehead atoms. The number of piperidine rings is 1. The molecule has 2 saturated heterocycles. The molecule has 1 unspecified atom stereocenters. The molecule has 2 aliphatic heterocycles. The summed E-state index contributed by atoms with van der Waals surface area (Å²) in [6, 6.07) is 6.14. The molecule has 3 heterocycles. The average Bonchev–Trinajstić information content (AvgIpc) is 3.01. The molecule has 1 aromatic heterocycles. The van der Waals surface area contributed by atoms with Gasteiger partial charge in [-0.3, -0.25) is 9.88 Å². The molecule has 0 aromatic carbocycles. The van der Waals surface area contributed by atoms with Crippen molar-refractivity contribution in [3.8, 4) is 0 Å². The first-order valence-corrected chi connectivity index (χ1v) is 8.77. The molecule has 0 amide bonds. The summed E-state index contributed by atoms with van der Waals surface area (Å²) in [5.74, 6) is -2.76. The third-order valence-electron chi connectivity index (χ3n) is 4.91. The van der Waals surface area contributed by atoms with Crippen LogP contribution in [0.1, 0.15) is 25.0 Å². The highest BCUT2D eigenvalue weighted by Gasteiger charge is 2.42. The molecule has 0 aliphatic carbocycles. The molecule has 1 spiro atoms. The second-order valence-corrected chi connectivity index (χ2v) is 6.99. The largest absolute Gasteiger partial charge is 0.490 e. The first-order valence-electron chi connectivity index (χ1n) is 8.77. The lowest BCUT2D eigenvalue weighted by Crippen LogP contribution is -2.40. The average molecular weight is 390 g/mol. The lowest BCUT2D eigenvalue weighted by atomic mass is 9.76. The van der Waals surface area contributed by atoms with E-state index >= 15 is 0 Å². The van der Waals surface area contributed by atoms with Gasteiger partial charge in [0.05, 0.1) is 25.0 Å². The zero-order valence-corrected chi connectivity index (χ0v) is 15.2. The number of carbonyl (C=O) groups is 1. The van der Waals surface area contributed by atoms with E-state index in [9.17, 15) is 13.2 Å². The van der Waals surface area contributed by atoms with Crippen molar-refractivity contribution in [3.05, 3.63) is 30.1 Å². The van der Waals surface area contributed by atoms with Crippen LogP contribution >= 0.6 is 0 Å². The van der Waals surface area contributed by atoms with Crippen molar-refractivity contribution in [1.82, 2.24) is 9.88 Å². The van der Waals surface area contributed by atoms with Crippen LogP contribution in [0.4, 0.5) is 13.2 Å². The molecule has 1 atom stereocenters. The Morgan fingerprint density at radius 3 is 2.59 bits per heavy atom. The number of carboxylic acids is 1. The van der Waals surface area contributed by atoms with Crippen LogP contribution in [0, 0.1) is 5.41 Å². The topological polar surface area (TPSA) is 71.9 Å². The van der Waals surface area contributed by atoms with Crippen molar-refractivity contribution in [1.29, 1.82) is 0 Å². The quantitative estimate of drug-likeness (QED) is 0.853. The van der Waals surface area contributed by atoms with E-state index in [1.54, 1.807) is 7.11 Å². The van der Waals surface area contributed by atoms with Crippen LogP contribution in [0.15, 0.2) is 24.4 Å². The molecule has 2 aliphatic rings. The number of rotatable bonds is 4. The molecule has 0 radical (unpaired) electrons. The number of pyridine rings is 1. The SMILES string of the molecule is COCC1CC2(CCN(Cc3ccccn3)CC2)CO1.O=C(O)C(F)(F)F. The Kier molecular flexibility index (Phi) is 7.58. The van der Waals surface area contributed by atoms with E-state index in [2.05, 4.69) is 22.0 Å². The Morgan fingerprint density at radius 1 is 1.41 bits per heavy atom. The van der Waals surface area contributed by atoms with E-state index < -0.39 is 12.1 Å². The van der Waals surface area contributed by atoms with Crippen molar-refractivity contribution in [3.63, 3.8) is 0 Å². The van der Waals surface area contributed by atoms with Crippen molar-refractivity contribution < 1.29 is 32.5 Å². The second-order valence-electron chi connectivity index (χ2n) is 6.99. The minimum Gasteiger partial charge on any atom is -0.475 e. The summed E-state index contributed by atoms with van der Waals surface area (Å²) >= 11 is 0. The van der Waals surface area contributed by atoms with Crippen LogP contribution in [0.3, 0.4) is 0 Å². The summed E-state index contributed by atoms with van der Waals surface area (Å²) in [4.78, 5) is 15.8. The number of ether oxygens (including phenoxy) is 2. The molecular formula is C18H25F3N2O4. The molecule has 6 nitrogen and oxygen atoms in total. The van der Waals surface area contributed by atoms with Gasteiger partial charge >= 0.3 is 12.1 Å². The van der Waals surface area contributed by atoms with Gasteiger partial charge in [0.2, 0.25) is 0 Å². The molecule has 2 fully saturated rings. The Balaban J connectivity index is 0.000000321. The fraction of sp³-hybridized carbons (Fsp3) is 0.667. The number of hydrogen-bond donors (Lipinski definition) is 1. The smallest absolute Gasteiger partial charge is 0.475 e. The Hall–Kier alpha value is -1.71. The lowest BCUT2D eigenvalue weighted by Gasteiger charge is -2.38. The van der Waals surface area contributed by atoms with Gasteiger partial charge in [-0.2, -0.15) is 13.2 Å². The maximum absolute atomic E-state index is 10.6. The van der Waals surface area contributed by atoms with E-state index in [-0.39, 0.29) is 0 Å². The Morgan fingerprint density at radius 2 is 2.07 bits per heavy atom. The molecule has 0 saturated carbocycles. The van der Waals surface area contributed by atoms with E-state index in [0.29, 0.717) is 11.5 Å². The molecule has 1 N–H and O–H groups in total. The van der Waals surface area contributed by atoms with Gasteiger partial charge in [0.25, 0.3) is 0 Å². The molecule has 27 heavy (non-hydrogen) atoms. The summed E-state index contributed by atoms with van der Waals surface area (Å²) < 4.78 is 42.8. The van der Waals surface area contributed by atoms with E-state index in [0.717, 1.165) is 39.3 Å². The second kappa shape index (κ2) is 9.48. The van der Waals surface area contributed by atoms with Crippen LogP contribution < -0.4 is 0 Å². The number of methoxy groups -OCH3 is 1. The van der Waals surface area contributed by atoms with E-state index in [4.69, 9.17) is 19.4 Å². The summed E-state index contributed by atoms with van der Waals surface area (Å²) in [6.07, 6.45) is 0.738. The molecule has 152 valence electrons. The van der Waals surface area contributed by atoms with Crippen molar-refractivity contribution >= 4 is 5.97 Å². The number of alkyl halides is 3. The van der Waals surface area contributed by atoms with Gasteiger partial charge in [0.1, 0.15) is 0 Å². The maximum Gasteiger partial charge on any atom is 0.490 e. The number of aromatic nitrogens is 1. The van der Waals surface area contributed by atoms with Gasteiger partial charge in [-0.1, -0.05) is 6.07 Å². The summed E-state index contributed by atoms with van der Waals surface area (Å²) in [5.41, 5.74) is 1.58. The first-order chi connectivity index (χ1) is 12.7. The highest BCUT2D eigenvalue weighted by molar-refractivity contribution is 5.73. The third-order valence-corrected chi connectivity index (χ3v) is 4.91. The molecule has 1 aromatic rings. The van der Waals surface area contributed by atoms with Crippen LogP contribution in [-0.2, 0) is 20.8 Å². The van der Waals surface area contributed by atoms with Gasteiger partial charge in [0.15, 0.2) is 0 Å². The Bertz CT molecular complexity index is 590. The van der Waals surface area contributed by atoms with Gasteiger partial charge in [-0.15, -0.1) is 0 Å². The summed E-state index contributed by atoms with van der Waals surface area (Å²) in [7, 11) is 1.75. The number of aliphatic carboxylic acids is 1. The van der Waals surface area contributed by atoms with Crippen molar-refractivity contribution in [2.24, 2.45) is 5.41 Å². The fourth-order valence-electron chi connectivity index (χ4n) is 3.44. The lowest BCUT2D eigenvalue weighted by molar-refractivity contribution is -0.192. The van der Waals surface area contributed by atoms with Crippen molar-refractivity contribution in [2.75, 3.05) is 33.4 Å². The number of carboxylic acid groups (broad SMARTS) is 1. The summed E-state index contributed by atoms with van der Waals surface area (Å²) in [5, 5.41) is 7.12. The van der Waals surface area contributed by atoms with Crippen molar-refractivity contribution in [2.45, 2.75) is 38.1 Å². The minimum absolute atomic E-state index is 0.308. The molecule has 9 heteroatoms. The van der Waals surface area contributed by atoms with E-state index in [1.165, 1.54) is 18.5 Å². The number of nitrogens with zero attached hydrogens (tertiary/aromatic N) is 2. The highest BCUT2D eigenvalue weighted by atomic mass is 19.4. The zero-order valence-electron chi connectivity index (χ0n) is 15.2. The third kappa shape index (κ3) is 6.75. The van der Waals surface area contributed by atoms with Gasteiger partial charge in [-0.25, -0.2) is 4.79 Å². The van der Waals surface area contributed by atoms with Crippen LogP contribution in [0.5, 0.6) is 0 Å². The van der Waals surface area contributed by atoms with Crippen LogP contribution in [0.2, 0.25) is 0 Å². The van der Waals surface area contributed by atoms with Crippen LogP contribution in [0.25, 0.3) is 0 Å². The number of halogens is 3. The summed E-state index contributed by atoms with van der Waals surface area (Å²) in [6.45, 7) is 4.93. The first kappa shape index (κ1) is 21.6. The maximum atomic E-state index is 10.6. The Labute approximate surface area is 156 Å². The molecule has 3 rings (SSSR count). The van der Waals surface area contributed by atoms with Gasteiger partial charge < -0.3 is 14.6 Å².